The van der Waals surface area contributed by atoms with E-state index >= 15 is 0 Å². The average Bonchev–Trinajstić information content (AvgIpc) is 2.50. The molecular weight excluding hydrogens is 231 g/mol. The van der Waals surface area contributed by atoms with E-state index in [4.69, 9.17) is 0 Å². The topological polar surface area (TPSA) is 24.1 Å². The summed E-state index contributed by atoms with van der Waals surface area (Å²) in [7, 11) is 0. The van der Waals surface area contributed by atoms with Gasteiger partial charge in [0.25, 0.3) is 0 Å². The van der Waals surface area contributed by atoms with E-state index in [0.29, 0.717) is 5.41 Å². The molecule has 0 radical (unpaired) electrons. The Balaban J connectivity index is 0.000000980. The molecule has 0 unspecified atom stereocenters. The van der Waals surface area contributed by atoms with Gasteiger partial charge in [-0.25, -0.2) is 0 Å². The second-order valence-electron chi connectivity index (χ2n) is 4.77. The zero-order chi connectivity index (χ0) is 8.99. The molecule has 0 aliphatic carbocycles. The van der Waals surface area contributed by atoms with Crippen LogP contribution >= 0.6 is 24.8 Å². The van der Waals surface area contributed by atoms with Crippen molar-refractivity contribution in [1.82, 2.24) is 10.6 Å². The zero-order valence-corrected chi connectivity index (χ0v) is 11.0. The van der Waals surface area contributed by atoms with Gasteiger partial charge in [0.15, 0.2) is 0 Å². The predicted octanol–water partition coefficient (Wildman–Crippen LogP) is 2.36. The molecule has 92 valence electrons. The molecule has 2 aliphatic rings. The number of hydrogen-bond donors (Lipinski definition) is 2. The Morgan fingerprint density at radius 2 is 1.13 bits per heavy atom. The van der Waals surface area contributed by atoms with Crippen molar-refractivity contribution < 1.29 is 0 Å². The Labute approximate surface area is 106 Å². The summed E-state index contributed by atoms with van der Waals surface area (Å²) < 4.78 is 0. The monoisotopic (exact) mass is 254 g/mol. The van der Waals surface area contributed by atoms with Crippen LogP contribution in [0.2, 0.25) is 0 Å². The van der Waals surface area contributed by atoms with E-state index in [9.17, 15) is 0 Å². The van der Waals surface area contributed by atoms with Crippen molar-refractivity contribution in [3.05, 3.63) is 0 Å². The van der Waals surface area contributed by atoms with Crippen LogP contribution in [0.15, 0.2) is 0 Å². The van der Waals surface area contributed by atoms with Gasteiger partial charge in [0.2, 0.25) is 0 Å². The van der Waals surface area contributed by atoms with Crippen LogP contribution in [0.5, 0.6) is 0 Å². The minimum Gasteiger partial charge on any atom is -0.316 e. The third kappa shape index (κ3) is 4.48. The van der Waals surface area contributed by atoms with Gasteiger partial charge >= 0.3 is 0 Å². The first-order valence-electron chi connectivity index (χ1n) is 5.83. The van der Waals surface area contributed by atoms with Crippen molar-refractivity contribution in [2.24, 2.45) is 5.41 Å². The summed E-state index contributed by atoms with van der Waals surface area (Å²) in [5, 5.41) is 7.19. The van der Waals surface area contributed by atoms with E-state index in [1.54, 1.807) is 0 Å². The Morgan fingerprint density at radius 1 is 0.667 bits per heavy atom. The largest absolute Gasteiger partial charge is 0.316 e. The summed E-state index contributed by atoms with van der Waals surface area (Å²) in [6.07, 6.45) is 8.48. The molecule has 2 fully saturated rings. The molecule has 0 aromatic heterocycles. The second-order valence-corrected chi connectivity index (χ2v) is 4.77. The Bertz CT molecular complexity index is 127. The van der Waals surface area contributed by atoms with Crippen molar-refractivity contribution in [1.29, 1.82) is 0 Å². The maximum Gasteiger partial charge on any atom is 0.00200 e. The smallest absolute Gasteiger partial charge is 0.00200 e. The molecule has 2 saturated heterocycles. The van der Waals surface area contributed by atoms with E-state index in [1.165, 1.54) is 64.7 Å². The SMILES string of the molecule is C1CCC2(CCCCNC2)CNC1.Cl.Cl. The fraction of sp³-hybridized carbons (Fsp3) is 1.00. The maximum atomic E-state index is 3.60. The molecule has 1 spiro atoms. The van der Waals surface area contributed by atoms with Crippen LogP contribution in [0.3, 0.4) is 0 Å². The van der Waals surface area contributed by atoms with Crippen LogP contribution in [0.25, 0.3) is 0 Å². The molecule has 0 saturated carbocycles. The van der Waals surface area contributed by atoms with Gasteiger partial charge in [-0.1, -0.05) is 12.8 Å². The summed E-state index contributed by atoms with van der Waals surface area (Å²) in [5.41, 5.74) is 0.604. The molecule has 0 atom stereocenters. The van der Waals surface area contributed by atoms with Crippen molar-refractivity contribution in [3.8, 4) is 0 Å². The van der Waals surface area contributed by atoms with Crippen LogP contribution in [0.1, 0.15) is 38.5 Å². The standard InChI is InChI=1S/C11H22N2.2ClH/c1-3-7-12-9-11(5-1)6-2-4-8-13-10-11;;/h12-13H,1-10H2;2*1H. The highest BCUT2D eigenvalue weighted by Crippen LogP contribution is 2.32. The Morgan fingerprint density at radius 3 is 1.60 bits per heavy atom. The second kappa shape index (κ2) is 7.72. The molecular formula is C11H24Cl2N2. The summed E-state index contributed by atoms with van der Waals surface area (Å²) in [6, 6.07) is 0. The van der Waals surface area contributed by atoms with Gasteiger partial charge in [-0.2, -0.15) is 0 Å². The molecule has 4 heteroatoms. The number of nitrogens with one attached hydrogen (secondary N) is 2. The molecule has 2 aliphatic heterocycles. The quantitative estimate of drug-likeness (QED) is 0.694. The van der Waals surface area contributed by atoms with Gasteiger partial charge in [-0.05, 0) is 44.2 Å². The van der Waals surface area contributed by atoms with Gasteiger partial charge in [-0.3, -0.25) is 0 Å². The molecule has 0 aromatic rings. The van der Waals surface area contributed by atoms with Crippen molar-refractivity contribution in [2.45, 2.75) is 38.5 Å². The summed E-state index contributed by atoms with van der Waals surface area (Å²) >= 11 is 0. The molecule has 2 rings (SSSR count). The average molecular weight is 255 g/mol. The molecule has 0 aromatic carbocycles. The van der Waals surface area contributed by atoms with E-state index < -0.39 is 0 Å². The lowest BCUT2D eigenvalue weighted by molar-refractivity contribution is 0.242. The molecule has 2 N–H and O–H groups in total. The summed E-state index contributed by atoms with van der Waals surface area (Å²) in [4.78, 5) is 0. The first-order chi connectivity index (χ1) is 6.41. The Hall–Kier alpha value is 0.500. The van der Waals surface area contributed by atoms with E-state index in [0.717, 1.165) is 0 Å². The van der Waals surface area contributed by atoms with Crippen LogP contribution < -0.4 is 10.6 Å². The fourth-order valence-corrected chi connectivity index (χ4v) is 2.75. The van der Waals surface area contributed by atoms with Crippen LogP contribution in [-0.4, -0.2) is 26.2 Å². The van der Waals surface area contributed by atoms with E-state index in [1.807, 2.05) is 0 Å². The van der Waals surface area contributed by atoms with Crippen LogP contribution in [0.4, 0.5) is 0 Å². The van der Waals surface area contributed by atoms with Gasteiger partial charge in [-0.15, -0.1) is 24.8 Å². The Kier molecular flexibility index (Phi) is 7.98. The lowest BCUT2D eigenvalue weighted by Crippen LogP contribution is -2.39. The van der Waals surface area contributed by atoms with Gasteiger partial charge < -0.3 is 10.6 Å². The molecule has 2 heterocycles. The number of hydrogen-bond acceptors (Lipinski definition) is 2. The predicted molar refractivity (Wildman–Crippen MR) is 70.4 cm³/mol. The zero-order valence-electron chi connectivity index (χ0n) is 9.39. The van der Waals surface area contributed by atoms with Gasteiger partial charge in [0.1, 0.15) is 0 Å². The first kappa shape index (κ1) is 15.5. The lowest BCUT2D eigenvalue weighted by Gasteiger charge is -2.31. The van der Waals surface area contributed by atoms with Crippen molar-refractivity contribution >= 4 is 24.8 Å². The number of halogens is 2. The summed E-state index contributed by atoms with van der Waals surface area (Å²) in [6.45, 7) is 4.98. The van der Waals surface area contributed by atoms with Gasteiger partial charge in [0.05, 0.1) is 0 Å². The minimum absolute atomic E-state index is 0. The molecule has 0 bridgehead atoms. The fourth-order valence-electron chi connectivity index (χ4n) is 2.75. The lowest BCUT2D eigenvalue weighted by atomic mass is 9.79. The molecule has 15 heavy (non-hydrogen) atoms. The van der Waals surface area contributed by atoms with Gasteiger partial charge in [0, 0.05) is 13.1 Å². The normalized spacial score (nSPS) is 25.6. The van der Waals surface area contributed by atoms with E-state index in [2.05, 4.69) is 10.6 Å². The highest BCUT2D eigenvalue weighted by atomic mass is 35.5. The maximum absolute atomic E-state index is 3.60. The van der Waals surface area contributed by atoms with Crippen LogP contribution in [-0.2, 0) is 0 Å². The van der Waals surface area contributed by atoms with Crippen LogP contribution in [0, 0.1) is 5.41 Å². The minimum atomic E-state index is 0. The third-order valence-electron chi connectivity index (χ3n) is 3.62. The highest BCUT2D eigenvalue weighted by Gasteiger charge is 2.31. The molecule has 2 nitrogen and oxygen atoms in total. The van der Waals surface area contributed by atoms with E-state index in [-0.39, 0.29) is 24.8 Å². The third-order valence-corrected chi connectivity index (χ3v) is 3.62. The number of rotatable bonds is 0. The molecule has 0 amide bonds. The summed E-state index contributed by atoms with van der Waals surface area (Å²) in [5.74, 6) is 0. The first-order valence-corrected chi connectivity index (χ1v) is 5.83. The highest BCUT2D eigenvalue weighted by molar-refractivity contribution is 5.85. The van der Waals surface area contributed by atoms with Crippen molar-refractivity contribution in [3.63, 3.8) is 0 Å². The van der Waals surface area contributed by atoms with Crippen molar-refractivity contribution in [2.75, 3.05) is 26.2 Å².